The lowest BCUT2D eigenvalue weighted by Crippen LogP contribution is -2.24. The molecule has 0 radical (unpaired) electrons. The van der Waals surface area contributed by atoms with Crippen molar-refractivity contribution in [3.63, 3.8) is 0 Å². The molecule has 0 aliphatic rings. The van der Waals surface area contributed by atoms with E-state index in [1.807, 2.05) is 24.4 Å². The molecule has 1 N–H and O–H groups in total. The van der Waals surface area contributed by atoms with Crippen LogP contribution in [0, 0.1) is 12.7 Å². The smallest absolute Gasteiger partial charge is 0.255 e. The maximum Gasteiger partial charge on any atom is 0.255 e. The fourth-order valence-corrected chi connectivity index (χ4v) is 2.76. The van der Waals surface area contributed by atoms with Crippen LogP contribution in [0.3, 0.4) is 0 Å². The number of amides is 1. The van der Waals surface area contributed by atoms with Crippen molar-refractivity contribution in [3.05, 3.63) is 77.8 Å². The Morgan fingerprint density at radius 2 is 1.96 bits per heavy atom. The van der Waals surface area contributed by atoms with Crippen molar-refractivity contribution >= 4 is 11.6 Å². The second-order valence-corrected chi connectivity index (χ2v) is 5.73. The highest BCUT2D eigenvalue weighted by Crippen LogP contribution is 2.17. The summed E-state index contributed by atoms with van der Waals surface area (Å²) in [6.07, 6.45) is 3.26. The van der Waals surface area contributed by atoms with E-state index in [1.54, 1.807) is 29.5 Å². The van der Waals surface area contributed by atoms with Gasteiger partial charge >= 0.3 is 0 Å². The maximum absolute atomic E-state index is 14.0. The number of hydrogen-bond donors (Lipinski definition) is 1. The first kappa shape index (κ1) is 15.9. The van der Waals surface area contributed by atoms with Crippen LogP contribution in [0.25, 0.3) is 11.3 Å². The zero-order valence-corrected chi connectivity index (χ0v) is 13.9. The lowest BCUT2D eigenvalue weighted by Gasteiger charge is -2.07. The monoisotopic (exact) mass is 350 g/mol. The van der Waals surface area contributed by atoms with Gasteiger partial charge in [-0.25, -0.2) is 9.07 Å². The van der Waals surface area contributed by atoms with E-state index >= 15 is 0 Å². The van der Waals surface area contributed by atoms with Crippen LogP contribution in [0.4, 0.5) is 4.39 Å². The summed E-state index contributed by atoms with van der Waals surface area (Å²) in [5.74, 6) is -0.0912. The molecular weight excluding hydrogens is 335 g/mol. The Hall–Kier alpha value is -3.55. The number of rotatable bonds is 4. The molecule has 7 nitrogen and oxygen atoms in total. The van der Waals surface area contributed by atoms with Crippen molar-refractivity contribution < 1.29 is 9.18 Å². The molecule has 4 rings (SSSR count). The summed E-state index contributed by atoms with van der Waals surface area (Å²) in [5, 5.41) is 15.1. The molecule has 0 unspecified atom stereocenters. The van der Waals surface area contributed by atoms with Gasteiger partial charge in [-0.3, -0.25) is 9.20 Å². The number of carbonyl (C=O) groups is 1. The Bertz CT molecular complexity index is 1100. The third kappa shape index (κ3) is 2.71. The first-order valence-corrected chi connectivity index (χ1v) is 8.01. The highest BCUT2D eigenvalue weighted by atomic mass is 19.1. The molecule has 1 aromatic carbocycles. The standard InChI is InChI=1S/C18H15FN6O/c1-12-13(10-21-25(12)15-7-3-2-6-14(15)19)18(26)20-11-17-23-22-16-8-4-5-9-24(16)17/h2-10H,11H2,1H3,(H,20,26). The summed E-state index contributed by atoms with van der Waals surface area (Å²) < 4.78 is 17.2. The zero-order chi connectivity index (χ0) is 18.1. The van der Waals surface area contributed by atoms with Crippen molar-refractivity contribution in [1.29, 1.82) is 0 Å². The Kier molecular flexibility index (Phi) is 3.92. The number of para-hydroxylation sites is 1. The number of pyridine rings is 1. The fraction of sp³-hybridized carbons (Fsp3) is 0.111. The van der Waals surface area contributed by atoms with Crippen LogP contribution in [0.5, 0.6) is 0 Å². The summed E-state index contributed by atoms with van der Waals surface area (Å²) >= 11 is 0. The average molecular weight is 350 g/mol. The number of nitrogens with zero attached hydrogens (tertiary/aromatic N) is 5. The first-order valence-electron chi connectivity index (χ1n) is 8.01. The Balaban J connectivity index is 1.55. The second-order valence-electron chi connectivity index (χ2n) is 5.73. The van der Waals surface area contributed by atoms with Crippen LogP contribution in [0.2, 0.25) is 0 Å². The molecule has 3 heterocycles. The molecule has 0 aliphatic carbocycles. The molecular formula is C18H15FN6O. The van der Waals surface area contributed by atoms with Gasteiger partial charge in [0.05, 0.1) is 24.0 Å². The molecule has 0 fully saturated rings. The number of fused-ring (bicyclic) bond motifs is 1. The van der Waals surface area contributed by atoms with Gasteiger partial charge in [-0.1, -0.05) is 18.2 Å². The predicted molar refractivity (Wildman–Crippen MR) is 92.4 cm³/mol. The molecule has 0 saturated heterocycles. The number of hydrogen-bond acceptors (Lipinski definition) is 4. The number of halogens is 1. The van der Waals surface area contributed by atoms with Crippen LogP contribution in [0.15, 0.2) is 54.9 Å². The van der Waals surface area contributed by atoms with Gasteiger partial charge in [0.1, 0.15) is 11.5 Å². The highest BCUT2D eigenvalue weighted by Gasteiger charge is 2.17. The molecule has 1 amide bonds. The van der Waals surface area contributed by atoms with Crippen LogP contribution >= 0.6 is 0 Å². The van der Waals surface area contributed by atoms with Crippen LogP contribution in [-0.4, -0.2) is 30.3 Å². The number of benzene rings is 1. The van der Waals surface area contributed by atoms with Crippen molar-refractivity contribution in [2.24, 2.45) is 0 Å². The van der Waals surface area contributed by atoms with Crippen LogP contribution in [0.1, 0.15) is 21.9 Å². The van der Waals surface area contributed by atoms with Gasteiger partial charge < -0.3 is 5.32 Å². The molecule has 0 saturated carbocycles. The Morgan fingerprint density at radius 1 is 1.15 bits per heavy atom. The average Bonchev–Trinajstić information content (AvgIpc) is 3.24. The summed E-state index contributed by atoms with van der Waals surface area (Å²) in [5.41, 5.74) is 1.94. The second kappa shape index (κ2) is 6.40. The predicted octanol–water partition coefficient (Wildman–Crippen LogP) is 2.29. The fourth-order valence-electron chi connectivity index (χ4n) is 2.76. The maximum atomic E-state index is 14.0. The van der Waals surface area contributed by atoms with Crippen molar-refractivity contribution in [1.82, 2.24) is 29.7 Å². The zero-order valence-electron chi connectivity index (χ0n) is 13.9. The van der Waals surface area contributed by atoms with E-state index in [4.69, 9.17) is 0 Å². The van der Waals surface area contributed by atoms with Gasteiger partial charge in [0, 0.05) is 6.20 Å². The molecule has 0 atom stereocenters. The summed E-state index contributed by atoms with van der Waals surface area (Å²) in [6.45, 7) is 1.94. The van der Waals surface area contributed by atoms with Crippen molar-refractivity contribution in [2.75, 3.05) is 0 Å². The summed E-state index contributed by atoms with van der Waals surface area (Å²) in [7, 11) is 0. The molecule has 26 heavy (non-hydrogen) atoms. The highest BCUT2D eigenvalue weighted by molar-refractivity contribution is 5.95. The lowest BCUT2D eigenvalue weighted by molar-refractivity contribution is 0.0949. The van der Waals surface area contributed by atoms with E-state index in [-0.39, 0.29) is 12.5 Å². The van der Waals surface area contributed by atoms with Crippen molar-refractivity contribution in [3.8, 4) is 5.69 Å². The van der Waals surface area contributed by atoms with Gasteiger partial charge in [-0.2, -0.15) is 5.10 Å². The molecule has 4 aromatic rings. The van der Waals surface area contributed by atoms with Crippen LogP contribution < -0.4 is 5.32 Å². The molecule has 130 valence electrons. The largest absolute Gasteiger partial charge is 0.345 e. The SMILES string of the molecule is Cc1c(C(=O)NCc2nnc3ccccn23)cnn1-c1ccccc1F. The molecule has 8 heteroatoms. The van der Waals surface area contributed by atoms with Gasteiger partial charge in [0.2, 0.25) is 0 Å². The summed E-state index contributed by atoms with van der Waals surface area (Å²) in [4.78, 5) is 12.5. The number of aromatic nitrogens is 5. The van der Waals surface area contributed by atoms with E-state index in [0.717, 1.165) is 0 Å². The third-order valence-electron chi connectivity index (χ3n) is 4.13. The number of nitrogens with one attached hydrogen (secondary N) is 1. The molecule has 3 aromatic heterocycles. The molecule has 0 spiro atoms. The van der Waals surface area contributed by atoms with Gasteiger partial charge in [0.15, 0.2) is 11.5 Å². The van der Waals surface area contributed by atoms with E-state index in [9.17, 15) is 9.18 Å². The third-order valence-corrected chi connectivity index (χ3v) is 4.13. The first-order chi connectivity index (χ1) is 12.6. The lowest BCUT2D eigenvalue weighted by atomic mass is 10.2. The van der Waals surface area contributed by atoms with E-state index in [1.165, 1.54) is 16.9 Å². The Morgan fingerprint density at radius 3 is 2.81 bits per heavy atom. The van der Waals surface area contributed by atoms with E-state index in [0.29, 0.717) is 28.4 Å². The summed E-state index contributed by atoms with van der Waals surface area (Å²) in [6, 6.07) is 11.9. The normalized spacial score (nSPS) is 11.0. The van der Waals surface area contributed by atoms with E-state index in [2.05, 4.69) is 20.6 Å². The van der Waals surface area contributed by atoms with Gasteiger partial charge in [0.25, 0.3) is 5.91 Å². The quantitative estimate of drug-likeness (QED) is 0.613. The van der Waals surface area contributed by atoms with E-state index < -0.39 is 5.82 Å². The minimum atomic E-state index is -0.402. The minimum Gasteiger partial charge on any atom is -0.345 e. The van der Waals surface area contributed by atoms with Gasteiger partial charge in [-0.05, 0) is 31.2 Å². The van der Waals surface area contributed by atoms with Crippen molar-refractivity contribution in [2.45, 2.75) is 13.5 Å². The Labute approximate surface area is 148 Å². The molecule has 0 bridgehead atoms. The topological polar surface area (TPSA) is 77.1 Å². The minimum absolute atomic E-state index is 0.217. The molecule has 0 aliphatic heterocycles. The van der Waals surface area contributed by atoms with Crippen LogP contribution in [-0.2, 0) is 6.54 Å². The number of carbonyl (C=O) groups excluding carboxylic acids is 1. The van der Waals surface area contributed by atoms with Gasteiger partial charge in [-0.15, -0.1) is 10.2 Å².